The van der Waals surface area contributed by atoms with Crippen LogP contribution in [0, 0.1) is 6.92 Å². The van der Waals surface area contributed by atoms with Gasteiger partial charge in [0.15, 0.2) is 0 Å². The summed E-state index contributed by atoms with van der Waals surface area (Å²) >= 11 is 1.61. The number of hydrogen-bond acceptors (Lipinski definition) is 4. The molecule has 19 heavy (non-hydrogen) atoms. The molecule has 2 fully saturated rings. The Balaban J connectivity index is 1.78. The number of carbonyl (C=O) groups excluding carboxylic acids is 2. The van der Waals surface area contributed by atoms with Crippen molar-refractivity contribution in [2.45, 2.75) is 38.8 Å². The Bertz CT molecular complexity index is 514. The highest BCUT2D eigenvalue weighted by Crippen LogP contribution is 2.25. The zero-order valence-corrected chi connectivity index (χ0v) is 11.8. The van der Waals surface area contributed by atoms with Crippen LogP contribution >= 0.6 is 11.3 Å². The van der Waals surface area contributed by atoms with Gasteiger partial charge in [-0.2, -0.15) is 0 Å². The van der Waals surface area contributed by atoms with Crippen LogP contribution in [-0.2, 0) is 16.1 Å². The van der Waals surface area contributed by atoms with E-state index >= 15 is 0 Å². The molecule has 1 unspecified atom stereocenters. The number of carbonyl (C=O) groups is 2. The average molecular weight is 279 g/mol. The molecular formula is C13H17N3O2S. The predicted octanol–water partition coefficient (Wildman–Crippen LogP) is 1.17. The molecule has 2 amide bonds. The maximum atomic E-state index is 12.5. The highest BCUT2D eigenvalue weighted by atomic mass is 32.1. The summed E-state index contributed by atoms with van der Waals surface area (Å²) in [7, 11) is 0. The van der Waals surface area contributed by atoms with Crippen molar-refractivity contribution < 1.29 is 9.59 Å². The summed E-state index contributed by atoms with van der Waals surface area (Å²) in [6, 6.07) is -0.226. The minimum Gasteiger partial charge on any atom is -0.334 e. The van der Waals surface area contributed by atoms with Crippen molar-refractivity contribution in [1.29, 1.82) is 0 Å². The molecule has 2 aliphatic rings. The second-order valence-electron chi connectivity index (χ2n) is 5.12. The van der Waals surface area contributed by atoms with E-state index in [-0.39, 0.29) is 17.9 Å². The van der Waals surface area contributed by atoms with E-state index in [1.807, 2.05) is 13.1 Å². The van der Waals surface area contributed by atoms with E-state index < -0.39 is 0 Å². The minimum atomic E-state index is -0.226. The van der Waals surface area contributed by atoms with Crippen molar-refractivity contribution in [3.05, 3.63) is 16.1 Å². The zero-order valence-electron chi connectivity index (χ0n) is 11.0. The van der Waals surface area contributed by atoms with Gasteiger partial charge in [-0.15, -0.1) is 11.3 Å². The molecule has 3 heterocycles. The van der Waals surface area contributed by atoms with Gasteiger partial charge in [-0.1, -0.05) is 0 Å². The maximum Gasteiger partial charge on any atom is 0.245 e. The number of nitrogens with zero attached hydrogens (tertiary/aromatic N) is 3. The zero-order chi connectivity index (χ0) is 13.4. The first kappa shape index (κ1) is 12.6. The van der Waals surface area contributed by atoms with Crippen LogP contribution in [0.4, 0.5) is 0 Å². The fraction of sp³-hybridized carbons (Fsp3) is 0.615. The standard InChI is InChI=1S/C13H17N3O2S/c1-9-7-14-11(19-9)8-15-6-4-12(17)16-5-2-3-10(16)13(15)18/h7,10H,2-6,8H2,1H3. The summed E-state index contributed by atoms with van der Waals surface area (Å²) < 4.78 is 0. The number of rotatable bonds is 2. The van der Waals surface area contributed by atoms with Crippen molar-refractivity contribution in [2.75, 3.05) is 13.1 Å². The van der Waals surface area contributed by atoms with Gasteiger partial charge in [-0.05, 0) is 19.8 Å². The smallest absolute Gasteiger partial charge is 0.245 e. The fourth-order valence-electron chi connectivity index (χ4n) is 2.81. The fourth-order valence-corrected chi connectivity index (χ4v) is 3.61. The first-order chi connectivity index (χ1) is 9.15. The van der Waals surface area contributed by atoms with E-state index in [9.17, 15) is 9.59 Å². The highest BCUT2D eigenvalue weighted by molar-refractivity contribution is 7.11. The summed E-state index contributed by atoms with van der Waals surface area (Å²) in [6.45, 7) is 3.80. The van der Waals surface area contributed by atoms with Crippen LogP contribution in [0.3, 0.4) is 0 Å². The van der Waals surface area contributed by atoms with Crippen molar-refractivity contribution >= 4 is 23.2 Å². The van der Waals surface area contributed by atoms with Gasteiger partial charge < -0.3 is 9.80 Å². The lowest BCUT2D eigenvalue weighted by Crippen LogP contribution is -2.43. The van der Waals surface area contributed by atoms with Gasteiger partial charge in [0.05, 0.1) is 6.54 Å². The van der Waals surface area contributed by atoms with Crippen LogP contribution < -0.4 is 0 Å². The van der Waals surface area contributed by atoms with Gasteiger partial charge in [0, 0.05) is 30.6 Å². The number of aromatic nitrogens is 1. The Hall–Kier alpha value is -1.43. The normalized spacial score (nSPS) is 23.7. The van der Waals surface area contributed by atoms with Crippen molar-refractivity contribution in [3.8, 4) is 0 Å². The topological polar surface area (TPSA) is 53.5 Å². The molecule has 2 saturated heterocycles. The van der Waals surface area contributed by atoms with Crippen LogP contribution in [0.1, 0.15) is 29.1 Å². The second kappa shape index (κ2) is 4.92. The lowest BCUT2D eigenvalue weighted by atomic mass is 10.2. The molecule has 1 atom stereocenters. The van der Waals surface area contributed by atoms with Crippen molar-refractivity contribution in [2.24, 2.45) is 0 Å². The van der Waals surface area contributed by atoms with Crippen LogP contribution in [-0.4, -0.2) is 45.7 Å². The molecule has 1 aromatic rings. The molecule has 0 aliphatic carbocycles. The Morgan fingerprint density at radius 2 is 2.26 bits per heavy atom. The third-order valence-corrected chi connectivity index (χ3v) is 4.66. The van der Waals surface area contributed by atoms with E-state index in [0.717, 1.165) is 29.3 Å². The van der Waals surface area contributed by atoms with Gasteiger partial charge in [0.1, 0.15) is 11.0 Å². The van der Waals surface area contributed by atoms with Crippen molar-refractivity contribution in [1.82, 2.24) is 14.8 Å². The Morgan fingerprint density at radius 1 is 1.42 bits per heavy atom. The average Bonchev–Trinajstić information content (AvgIpc) is 2.99. The quantitative estimate of drug-likeness (QED) is 0.816. The summed E-state index contributed by atoms with van der Waals surface area (Å²) in [5, 5.41) is 0.949. The van der Waals surface area contributed by atoms with E-state index in [0.29, 0.717) is 19.5 Å². The Labute approximate surface area is 116 Å². The van der Waals surface area contributed by atoms with Gasteiger partial charge in [-0.3, -0.25) is 9.59 Å². The van der Waals surface area contributed by atoms with Crippen LogP contribution in [0.15, 0.2) is 6.20 Å². The number of aryl methyl sites for hydroxylation is 1. The van der Waals surface area contributed by atoms with Gasteiger partial charge in [-0.25, -0.2) is 4.98 Å². The number of thiazole rings is 1. The Kier molecular flexibility index (Phi) is 3.26. The first-order valence-electron chi connectivity index (χ1n) is 6.65. The minimum absolute atomic E-state index is 0.0937. The molecular weight excluding hydrogens is 262 g/mol. The summed E-state index contributed by atoms with van der Waals surface area (Å²) in [5.41, 5.74) is 0. The number of hydrogen-bond donors (Lipinski definition) is 0. The molecule has 0 saturated carbocycles. The predicted molar refractivity (Wildman–Crippen MR) is 71.6 cm³/mol. The molecule has 0 radical (unpaired) electrons. The largest absolute Gasteiger partial charge is 0.334 e. The summed E-state index contributed by atoms with van der Waals surface area (Å²) in [6.07, 6.45) is 4.01. The summed E-state index contributed by atoms with van der Waals surface area (Å²) in [4.78, 5) is 33.5. The van der Waals surface area contributed by atoms with Crippen molar-refractivity contribution in [3.63, 3.8) is 0 Å². The first-order valence-corrected chi connectivity index (χ1v) is 7.46. The van der Waals surface area contributed by atoms with E-state index in [1.54, 1.807) is 21.1 Å². The van der Waals surface area contributed by atoms with E-state index in [2.05, 4.69) is 4.98 Å². The van der Waals surface area contributed by atoms with Gasteiger partial charge in [0.2, 0.25) is 11.8 Å². The molecule has 0 aromatic carbocycles. The molecule has 5 nitrogen and oxygen atoms in total. The van der Waals surface area contributed by atoms with E-state index in [1.165, 1.54) is 0 Å². The van der Waals surface area contributed by atoms with Crippen LogP contribution in [0.25, 0.3) is 0 Å². The lowest BCUT2D eigenvalue weighted by molar-refractivity contribution is -0.139. The molecule has 3 rings (SSSR count). The third kappa shape index (κ3) is 2.36. The maximum absolute atomic E-state index is 12.5. The molecule has 2 aliphatic heterocycles. The lowest BCUT2D eigenvalue weighted by Gasteiger charge is -2.24. The number of amides is 2. The number of fused-ring (bicyclic) bond motifs is 1. The van der Waals surface area contributed by atoms with Gasteiger partial charge >= 0.3 is 0 Å². The SMILES string of the molecule is Cc1cnc(CN2CCC(=O)N3CCCC3C2=O)s1. The van der Waals surface area contributed by atoms with Gasteiger partial charge in [0.25, 0.3) is 0 Å². The molecule has 6 heteroatoms. The summed E-state index contributed by atoms with van der Waals surface area (Å²) in [5.74, 6) is 0.213. The molecule has 0 bridgehead atoms. The van der Waals surface area contributed by atoms with Crippen LogP contribution in [0.2, 0.25) is 0 Å². The second-order valence-corrected chi connectivity index (χ2v) is 6.44. The Morgan fingerprint density at radius 3 is 3.00 bits per heavy atom. The monoisotopic (exact) mass is 279 g/mol. The molecule has 102 valence electrons. The molecule has 0 spiro atoms. The molecule has 1 aromatic heterocycles. The van der Waals surface area contributed by atoms with Crippen LogP contribution in [0.5, 0.6) is 0 Å². The van der Waals surface area contributed by atoms with E-state index in [4.69, 9.17) is 0 Å². The molecule has 0 N–H and O–H groups in total. The highest BCUT2D eigenvalue weighted by Gasteiger charge is 2.39. The third-order valence-electron chi connectivity index (χ3n) is 3.76.